The van der Waals surface area contributed by atoms with Gasteiger partial charge in [0.05, 0.1) is 25.0 Å². The maximum atomic E-state index is 5.30. The summed E-state index contributed by atoms with van der Waals surface area (Å²) >= 11 is 1.58. The van der Waals surface area contributed by atoms with E-state index in [4.69, 9.17) is 14.7 Å². The van der Waals surface area contributed by atoms with E-state index in [1.165, 1.54) is 32.1 Å². The van der Waals surface area contributed by atoms with Crippen LogP contribution in [0.4, 0.5) is 21.8 Å². The molecule has 1 fully saturated rings. The lowest BCUT2D eigenvalue weighted by Crippen LogP contribution is -2.22. The van der Waals surface area contributed by atoms with E-state index in [0.717, 1.165) is 38.8 Å². The van der Waals surface area contributed by atoms with Gasteiger partial charge in [-0.25, -0.2) is 9.97 Å². The number of pyridine rings is 2. The molecule has 3 aromatic rings. The molecule has 31 heavy (non-hydrogen) atoms. The number of ether oxygens (including phenoxy) is 1. The zero-order valence-electron chi connectivity index (χ0n) is 17.5. The molecule has 1 atom stereocenters. The van der Waals surface area contributed by atoms with E-state index in [2.05, 4.69) is 27.0 Å². The molecule has 0 amide bonds. The SMILES string of the molecule is COc1cncc(C2C=Cc3nc(Nc4cccc(NC5CCCCC5)n4)sc3N2)c1. The van der Waals surface area contributed by atoms with Crippen LogP contribution in [0, 0.1) is 0 Å². The molecule has 160 valence electrons. The second kappa shape index (κ2) is 8.93. The molecule has 4 heterocycles. The Morgan fingerprint density at radius 1 is 1.10 bits per heavy atom. The first-order valence-corrected chi connectivity index (χ1v) is 11.5. The quantitative estimate of drug-likeness (QED) is 0.465. The fourth-order valence-corrected chi connectivity index (χ4v) is 4.94. The Bertz CT molecular complexity index is 1080. The highest BCUT2D eigenvalue weighted by molar-refractivity contribution is 7.19. The van der Waals surface area contributed by atoms with E-state index in [-0.39, 0.29) is 6.04 Å². The zero-order valence-corrected chi connectivity index (χ0v) is 18.3. The summed E-state index contributed by atoms with van der Waals surface area (Å²) < 4.78 is 5.30. The van der Waals surface area contributed by atoms with Crippen LogP contribution < -0.4 is 20.7 Å². The Balaban J connectivity index is 1.27. The third-order valence-corrected chi connectivity index (χ3v) is 6.57. The highest BCUT2D eigenvalue weighted by atomic mass is 32.1. The Morgan fingerprint density at radius 3 is 2.84 bits per heavy atom. The van der Waals surface area contributed by atoms with E-state index in [0.29, 0.717) is 6.04 Å². The molecule has 1 aliphatic heterocycles. The summed E-state index contributed by atoms with van der Waals surface area (Å²) in [6.45, 7) is 0. The number of rotatable bonds is 6. The third-order valence-electron chi connectivity index (χ3n) is 5.66. The van der Waals surface area contributed by atoms with Crippen molar-refractivity contribution in [3.63, 3.8) is 0 Å². The Morgan fingerprint density at radius 2 is 1.97 bits per heavy atom. The number of fused-ring (bicyclic) bond motifs is 1. The van der Waals surface area contributed by atoms with Crippen LogP contribution in [0.5, 0.6) is 5.75 Å². The molecule has 0 aromatic carbocycles. The van der Waals surface area contributed by atoms with E-state index in [1.807, 2.05) is 36.5 Å². The Labute approximate surface area is 186 Å². The van der Waals surface area contributed by atoms with Gasteiger partial charge in [0.15, 0.2) is 5.13 Å². The molecule has 1 aliphatic carbocycles. The van der Waals surface area contributed by atoms with Crippen LogP contribution in [0.25, 0.3) is 6.08 Å². The van der Waals surface area contributed by atoms with Gasteiger partial charge in [-0.1, -0.05) is 42.7 Å². The number of hydrogen-bond acceptors (Lipinski definition) is 8. The Hall–Kier alpha value is -3.13. The summed E-state index contributed by atoms with van der Waals surface area (Å²) in [5.41, 5.74) is 1.98. The third kappa shape index (κ3) is 4.64. The van der Waals surface area contributed by atoms with Crippen LogP contribution >= 0.6 is 11.3 Å². The molecule has 0 radical (unpaired) electrons. The van der Waals surface area contributed by atoms with Crippen LogP contribution in [0.3, 0.4) is 0 Å². The first-order valence-electron chi connectivity index (χ1n) is 10.7. The molecule has 7 nitrogen and oxygen atoms in total. The molecule has 1 unspecified atom stereocenters. The van der Waals surface area contributed by atoms with Crippen molar-refractivity contribution in [1.82, 2.24) is 15.0 Å². The molecule has 5 rings (SSSR count). The number of hydrogen-bond donors (Lipinski definition) is 3. The summed E-state index contributed by atoms with van der Waals surface area (Å²) in [7, 11) is 1.65. The highest BCUT2D eigenvalue weighted by Crippen LogP contribution is 2.37. The molecular weight excluding hydrogens is 408 g/mol. The maximum absolute atomic E-state index is 5.30. The minimum absolute atomic E-state index is 0.0320. The van der Waals surface area contributed by atoms with Crippen LogP contribution in [0.2, 0.25) is 0 Å². The second-order valence-corrected chi connectivity index (χ2v) is 8.88. The van der Waals surface area contributed by atoms with Crippen molar-refractivity contribution in [2.75, 3.05) is 23.1 Å². The van der Waals surface area contributed by atoms with Gasteiger partial charge < -0.3 is 20.7 Å². The number of nitrogens with one attached hydrogen (secondary N) is 3. The molecule has 0 saturated heterocycles. The summed E-state index contributed by atoms with van der Waals surface area (Å²) in [6.07, 6.45) is 14.1. The summed E-state index contributed by atoms with van der Waals surface area (Å²) in [4.78, 5) is 13.7. The first kappa shape index (κ1) is 19.8. The smallest absolute Gasteiger partial charge is 0.190 e. The average Bonchev–Trinajstić information content (AvgIpc) is 3.21. The fourth-order valence-electron chi connectivity index (χ4n) is 4.04. The molecule has 2 aliphatic rings. The van der Waals surface area contributed by atoms with Crippen molar-refractivity contribution < 1.29 is 4.74 Å². The van der Waals surface area contributed by atoms with Gasteiger partial charge in [0, 0.05) is 17.8 Å². The van der Waals surface area contributed by atoms with Crippen molar-refractivity contribution in [2.24, 2.45) is 0 Å². The van der Waals surface area contributed by atoms with Crippen LogP contribution in [-0.4, -0.2) is 28.1 Å². The van der Waals surface area contributed by atoms with Crippen LogP contribution in [-0.2, 0) is 0 Å². The van der Waals surface area contributed by atoms with Crippen LogP contribution in [0.1, 0.15) is 49.4 Å². The molecule has 8 heteroatoms. The van der Waals surface area contributed by atoms with Gasteiger partial charge in [0.2, 0.25) is 0 Å². The van der Waals surface area contributed by atoms with Crippen LogP contribution in [0.15, 0.2) is 42.7 Å². The van der Waals surface area contributed by atoms with E-state index in [1.54, 1.807) is 24.6 Å². The summed E-state index contributed by atoms with van der Waals surface area (Å²) in [5.74, 6) is 2.46. The molecule has 3 aromatic heterocycles. The minimum atomic E-state index is 0.0320. The number of thiazole rings is 1. The molecule has 3 N–H and O–H groups in total. The van der Waals surface area contributed by atoms with Gasteiger partial charge in [-0.05, 0) is 37.1 Å². The predicted octanol–water partition coefficient (Wildman–Crippen LogP) is 5.61. The number of anilines is 4. The normalized spacial score (nSPS) is 18.2. The second-order valence-electron chi connectivity index (χ2n) is 7.88. The average molecular weight is 435 g/mol. The maximum Gasteiger partial charge on any atom is 0.190 e. The molecular formula is C23H26N6OS. The number of aromatic nitrogens is 3. The van der Waals surface area contributed by atoms with Crippen molar-refractivity contribution in [1.29, 1.82) is 0 Å². The van der Waals surface area contributed by atoms with Gasteiger partial charge in [-0.3, -0.25) is 4.98 Å². The lowest BCUT2D eigenvalue weighted by atomic mass is 9.95. The monoisotopic (exact) mass is 434 g/mol. The largest absolute Gasteiger partial charge is 0.495 e. The topological polar surface area (TPSA) is 84.0 Å². The van der Waals surface area contributed by atoms with E-state index < -0.39 is 0 Å². The van der Waals surface area contributed by atoms with Gasteiger partial charge in [-0.15, -0.1) is 0 Å². The minimum Gasteiger partial charge on any atom is -0.495 e. The standard InChI is InChI=1S/C23H26N6OS/c1-30-17-12-15(13-24-14-17)18-10-11-19-22(26-18)31-23(27-19)29-21-9-5-8-20(28-21)25-16-6-3-2-4-7-16/h5,8-14,16,18,26H,2-4,6-7H2,1H3,(H2,25,27,28,29). The highest BCUT2D eigenvalue weighted by Gasteiger charge is 2.20. The molecule has 0 bridgehead atoms. The summed E-state index contributed by atoms with van der Waals surface area (Å²) in [5, 5.41) is 12.3. The van der Waals surface area contributed by atoms with Crippen molar-refractivity contribution in [3.8, 4) is 5.75 Å². The molecule has 0 spiro atoms. The van der Waals surface area contributed by atoms with Crippen molar-refractivity contribution >= 4 is 39.2 Å². The number of methoxy groups -OCH3 is 1. The predicted molar refractivity (Wildman–Crippen MR) is 126 cm³/mol. The van der Waals surface area contributed by atoms with E-state index in [9.17, 15) is 0 Å². The lowest BCUT2D eigenvalue weighted by molar-refractivity contribution is 0.412. The van der Waals surface area contributed by atoms with Crippen molar-refractivity contribution in [3.05, 3.63) is 54.0 Å². The van der Waals surface area contributed by atoms with Gasteiger partial charge >= 0.3 is 0 Å². The van der Waals surface area contributed by atoms with Crippen molar-refractivity contribution in [2.45, 2.75) is 44.2 Å². The number of nitrogens with zero attached hydrogens (tertiary/aromatic N) is 3. The lowest BCUT2D eigenvalue weighted by Gasteiger charge is -2.23. The zero-order chi connectivity index (χ0) is 21.0. The fraction of sp³-hybridized carbons (Fsp3) is 0.348. The first-order chi connectivity index (χ1) is 15.3. The van der Waals surface area contributed by atoms with E-state index >= 15 is 0 Å². The van der Waals surface area contributed by atoms with Gasteiger partial charge in [0.1, 0.15) is 22.4 Å². The molecule has 1 saturated carbocycles. The Kier molecular flexibility index (Phi) is 5.71. The summed E-state index contributed by atoms with van der Waals surface area (Å²) in [6, 6.07) is 8.59. The van der Waals surface area contributed by atoms with Gasteiger partial charge in [-0.2, -0.15) is 0 Å². The van der Waals surface area contributed by atoms with Gasteiger partial charge in [0.25, 0.3) is 0 Å².